The number of benzene rings is 2. The van der Waals surface area contributed by atoms with E-state index in [4.69, 9.17) is 0 Å². The van der Waals surface area contributed by atoms with Crippen LogP contribution in [-0.4, -0.2) is 6.29 Å². The fourth-order valence-corrected chi connectivity index (χ4v) is 2.26. The Hall–Kier alpha value is -1.41. The summed E-state index contributed by atoms with van der Waals surface area (Å²) in [6.07, 6.45) is 0.864. The Labute approximate surface area is 103 Å². The van der Waals surface area contributed by atoms with E-state index in [-0.39, 0.29) is 0 Å². The Bertz CT molecular complexity index is 532. The lowest BCUT2D eigenvalue weighted by molar-refractivity contribution is 0.112. The van der Waals surface area contributed by atoms with Crippen molar-refractivity contribution in [2.75, 3.05) is 0 Å². The predicted octanol–water partition coefficient (Wildman–Crippen LogP) is 4.24. The van der Waals surface area contributed by atoms with E-state index in [0.717, 1.165) is 21.9 Å². The van der Waals surface area contributed by atoms with E-state index in [0.29, 0.717) is 5.56 Å². The van der Waals surface area contributed by atoms with Gasteiger partial charge in [0.1, 0.15) is 0 Å². The molecule has 0 unspecified atom stereocenters. The molecule has 0 atom stereocenters. The largest absolute Gasteiger partial charge is 0.298 e. The van der Waals surface area contributed by atoms with Gasteiger partial charge >= 0.3 is 0 Å². The number of rotatable bonds is 2. The van der Waals surface area contributed by atoms with Crippen LogP contribution >= 0.6 is 15.9 Å². The van der Waals surface area contributed by atoms with Gasteiger partial charge in [0.15, 0.2) is 6.29 Å². The van der Waals surface area contributed by atoms with Gasteiger partial charge in [0.25, 0.3) is 0 Å². The second-order valence-electron chi connectivity index (χ2n) is 3.70. The highest BCUT2D eigenvalue weighted by Crippen LogP contribution is 2.30. The van der Waals surface area contributed by atoms with E-state index in [2.05, 4.69) is 35.0 Å². The van der Waals surface area contributed by atoms with Crippen molar-refractivity contribution in [1.29, 1.82) is 0 Å². The summed E-state index contributed by atoms with van der Waals surface area (Å²) >= 11 is 3.47. The minimum atomic E-state index is 0.680. The van der Waals surface area contributed by atoms with Crippen LogP contribution in [0.3, 0.4) is 0 Å². The molecule has 0 aliphatic carbocycles. The van der Waals surface area contributed by atoms with Crippen LogP contribution in [0.5, 0.6) is 0 Å². The molecule has 0 spiro atoms. The molecule has 0 aliphatic heterocycles. The van der Waals surface area contributed by atoms with Crippen LogP contribution in [0.15, 0.2) is 46.9 Å². The second-order valence-corrected chi connectivity index (χ2v) is 4.49. The summed E-state index contributed by atoms with van der Waals surface area (Å²) in [4.78, 5) is 10.8. The van der Waals surface area contributed by atoms with Crippen molar-refractivity contribution in [3.8, 4) is 11.1 Å². The Kier molecular flexibility index (Phi) is 3.20. The van der Waals surface area contributed by atoms with Crippen LogP contribution in [0.25, 0.3) is 11.1 Å². The highest BCUT2D eigenvalue weighted by Gasteiger charge is 2.06. The normalized spacial score (nSPS) is 10.1. The van der Waals surface area contributed by atoms with E-state index < -0.39 is 0 Å². The zero-order valence-corrected chi connectivity index (χ0v) is 10.5. The monoisotopic (exact) mass is 274 g/mol. The molecule has 0 amide bonds. The zero-order valence-electron chi connectivity index (χ0n) is 8.91. The smallest absolute Gasteiger partial charge is 0.151 e. The van der Waals surface area contributed by atoms with Crippen LogP contribution in [0.2, 0.25) is 0 Å². The van der Waals surface area contributed by atoms with E-state index in [1.165, 1.54) is 5.56 Å². The lowest BCUT2D eigenvalue weighted by Gasteiger charge is -2.07. The third-order valence-electron chi connectivity index (χ3n) is 2.48. The predicted molar refractivity (Wildman–Crippen MR) is 69.7 cm³/mol. The molecule has 2 rings (SSSR count). The van der Waals surface area contributed by atoms with Gasteiger partial charge in [-0.3, -0.25) is 4.79 Å². The molecule has 80 valence electrons. The van der Waals surface area contributed by atoms with Crippen LogP contribution in [0.4, 0.5) is 0 Å². The molecule has 0 fully saturated rings. The van der Waals surface area contributed by atoms with Gasteiger partial charge in [0.2, 0.25) is 0 Å². The van der Waals surface area contributed by atoms with Crippen molar-refractivity contribution in [2.24, 2.45) is 0 Å². The molecule has 0 N–H and O–H groups in total. The van der Waals surface area contributed by atoms with Gasteiger partial charge in [-0.2, -0.15) is 0 Å². The molecule has 0 aromatic heterocycles. The fraction of sp³-hybridized carbons (Fsp3) is 0.0714. The molecule has 1 nitrogen and oxygen atoms in total. The van der Waals surface area contributed by atoms with Crippen LogP contribution in [0.1, 0.15) is 15.9 Å². The minimum Gasteiger partial charge on any atom is -0.298 e. The highest BCUT2D eigenvalue weighted by atomic mass is 79.9. The molecule has 0 radical (unpaired) electrons. The van der Waals surface area contributed by atoms with Crippen molar-refractivity contribution >= 4 is 22.2 Å². The van der Waals surface area contributed by atoms with E-state index in [1.807, 2.05) is 24.3 Å². The SMILES string of the molecule is Cc1cccc(-c2cccc(C=O)c2Br)c1. The van der Waals surface area contributed by atoms with Crippen LogP contribution < -0.4 is 0 Å². The third-order valence-corrected chi connectivity index (χ3v) is 3.37. The number of carbonyl (C=O) groups is 1. The Balaban J connectivity index is 2.60. The van der Waals surface area contributed by atoms with Gasteiger partial charge in [0.05, 0.1) is 0 Å². The zero-order chi connectivity index (χ0) is 11.5. The fourth-order valence-electron chi connectivity index (χ4n) is 1.68. The molecule has 2 aromatic carbocycles. The van der Waals surface area contributed by atoms with E-state index in [9.17, 15) is 4.79 Å². The van der Waals surface area contributed by atoms with Gasteiger partial charge in [0, 0.05) is 10.0 Å². The minimum absolute atomic E-state index is 0.680. The summed E-state index contributed by atoms with van der Waals surface area (Å²) in [6.45, 7) is 2.06. The first-order valence-corrected chi connectivity index (χ1v) is 5.82. The average Bonchev–Trinajstić information content (AvgIpc) is 2.29. The summed E-state index contributed by atoms with van der Waals surface area (Å²) in [7, 11) is 0. The number of carbonyl (C=O) groups excluding carboxylic acids is 1. The first-order chi connectivity index (χ1) is 7.72. The molecule has 16 heavy (non-hydrogen) atoms. The molecule has 0 bridgehead atoms. The maximum atomic E-state index is 10.8. The van der Waals surface area contributed by atoms with Gasteiger partial charge < -0.3 is 0 Å². The Morgan fingerprint density at radius 2 is 1.88 bits per heavy atom. The molecular weight excluding hydrogens is 264 g/mol. The third kappa shape index (κ3) is 2.07. The number of hydrogen-bond donors (Lipinski definition) is 0. The standard InChI is InChI=1S/C14H11BrO/c1-10-4-2-5-11(8-10)13-7-3-6-12(9-16)14(13)15/h2-9H,1H3. The van der Waals surface area contributed by atoms with Gasteiger partial charge in [-0.15, -0.1) is 0 Å². The maximum Gasteiger partial charge on any atom is 0.151 e. The summed E-state index contributed by atoms with van der Waals surface area (Å²) in [5.41, 5.74) is 4.06. The molecule has 2 aromatic rings. The molecule has 0 aliphatic rings. The van der Waals surface area contributed by atoms with Crippen molar-refractivity contribution in [2.45, 2.75) is 6.92 Å². The maximum absolute atomic E-state index is 10.8. The lowest BCUT2D eigenvalue weighted by atomic mass is 10.0. The first kappa shape index (κ1) is 11.1. The highest BCUT2D eigenvalue weighted by molar-refractivity contribution is 9.10. The summed E-state index contributed by atoms with van der Waals surface area (Å²) in [5, 5.41) is 0. The molecule has 0 heterocycles. The summed E-state index contributed by atoms with van der Waals surface area (Å²) < 4.78 is 0.857. The Morgan fingerprint density at radius 1 is 1.12 bits per heavy atom. The number of aryl methyl sites for hydroxylation is 1. The van der Waals surface area contributed by atoms with Gasteiger partial charge in [-0.25, -0.2) is 0 Å². The van der Waals surface area contributed by atoms with Gasteiger partial charge in [-0.05, 0) is 34.0 Å². The van der Waals surface area contributed by atoms with Crippen LogP contribution in [0, 0.1) is 6.92 Å². The number of halogens is 1. The second kappa shape index (κ2) is 4.62. The summed E-state index contributed by atoms with van der Waals surface area (Å²) in [5.74, 6) is 0. The lowest BCUT2D eigenvalue weighted by Crippen LogP contribution is -1.87. The number of aldehydes is 1. The molecule has 0 saturated carbocycles. The van der Waals surface area contributed by atoms with Crippen molar-refractivity contribution in [3.05, 3.63) is 58.1 Å². The topological polar surface area (TPSA) is 17.1 Å². The molecule has 0 saturated heterocycles. The van der Waals surface area contributed by atoms with E-state index in [1.54, 1.807) is 6.07 Å². The number of hydrogen-bond acceptors (Lipinski definition) is 1. The van der Waals surface area contributed by atoms with Crippen LogP contribution in [-0.2, 0) is 0 Å². The van der Waals surface area contributed by atoms with Crippen molar-refractivity contribution in [1.82, 2.24) is 0 Å². The Morgan fingerprint density at radius 3 is 2.56 bits per heavy atom. The first-order valence-electron chi connectivity index (χ1n) is 5.03. The van der Waals surface area contributed by atoms with E-state index >= 15 is 0 Å². The van der Waals surface area contributed by atoms with Crippen molar-refractivity contribution in [3.63, 3.8) is 0 Å². The molecular formula is C14H11BrO. The quantitative estimate of drug-likeness (QED) is 0.749. The average molecular weight is 275 g/mol. The summed E-state index contributed by atoms with van der Waals surface area (Å²) in [6, 6.07) is 13.9. The van der Waals surface area contributed by atoms with Crippen molar-refractivity contribution < 1.29 is 4.79 Å². The molecule has 2 heteroatoms. The van der Waals surface area contributed by atoms with Gasteiger partial charge in [-0.1, -0.05) is 48.0 Å².